The molecular weight excluding hydrogens is 390 g/mol. The molecule has 9 heteroatoms. The van der Waals surface area contributed by atoms with Gasteiger partial charge in [0.2, 0.25) is 5.91 Å². The fraction of sp³-hybridized carbons (Fsp3) is 0.200. The first-order valence-electron chi connectivity index (χ1n) is 8.97. The van der Waals surface area contributed by atoms with Crippen LogP contribution in [0.3, 0.4) is 0 Å². The number of pyridine rings is 1. The first kappa shape index (κ1) is 18.9. The third-order valence-electron chi connectivity index (χ3n) is 4.56. The van der Waals surface area contributed by atoms with Crippen LogP contribution >= 0.6 is 11.3 Å². The molecule has 3 aromatic rings. The first-order valence-corrected chi connectivity index (χ1v) is 9.91. The molecule has 2 amide bonds. The molecule has 0 saturated carbocycles. The van der Waals surface area contributed by atoms with E-state index >= 15 is 0 Å². The molecule has 2 aromatic heterocycles. The predicted molar refractivity (Wildman–Crippen MR) is 110 cm³/mol. The van der Waals surface area contributed by atoms with Gasteiger partial charge in [0.05, 0.1) is 42.7 Å². The Labute approximate surface area is 171 Å². The Hall–Kier alpha value is -3.46. The van der Waals surface area contributed by atoms with Gasteiger partial charge in [0, 0.05) is 23.7 Å². The summed E-state index contributed by atoms with van der Waals surface area (Å²) >= 11 is 1.47. The number of hydrogen-bond acceptors (Lipinski definition) is 7. The highest BCUT2D eigenvalue weighted by Crippen LogP contribution is 2.30. The number of carbonyl (C=O) groups excluding carboxylic acids is 2. The smallest absolute Gasteiger partial charge is 0.253 e. The predicted octanol–water partition coefficient (Wildman–Crippen LogP) is 2.44. The van der Waals surface area contributed by atoms with Crippen LogP contribution in [0.4, 0.5) is 11.5 Å². The van der Waals surface area contributed by atoms with Gasteiger partial charge in [0.1, 0.15) is 5.75 Å². The van der Waals surface area contributed by atoms with E-state index in [2.05, 4.69) is 20.6 Å². The number of amides is 2. The summed E-state index contributed by atoms with van der Waals surface area (Å²) in [5, 5.41) is 7.76. The monoisotopic (exact) mass is 409 g/mol. The lowest BCUT2D eigenvalue weighted by molar-refractivity contribution is -0.117. The van der Waals surface area contributed by atoms with Crippen LogP contribution in [0.1, 0.15) is 21.6 Å². The fourth-order valence-corrected chi connectivity index (χ4v) is 3.64. The quantitative estimate of drug-likeness (QED) is 0.649. The number of methoxy groups -OCH3 is 1. The lowest BCUT2D eigenvalue weighted by atomic mass is 10.1. The maximum atomic E-state index is 12.7. The van der Waals surface area contributed by atoms with E-state index in [-0.39, 0.29) is 18.4 Å². The molecule has 0 aliphatic carbocycles. The average molecular weight is 409 g/mol. The summed E-state index contributed by atoms with van der Waals surface area (Å²) in [6, 6.07) is 9.17. The normalized spacial score (nSPS) is 12.9. The Balaban J connectivity index is 1.54. The van der Waals surface area contributed by atoms with Crippen molar-refractivity contribution < 1.29 is 14.3 Å². The van der Waals surface area contributed by atoms with E-state index in [4.69, 9.17) is 4.74 Å². The van der Waals surface area contributed by atoms with Crippen molar-refractivity contribution in [2.75, 3.05) is 23.9 Å². The van der Waals surface area contributed by atoms with Gasteiger partial charge in [-0.1, -0.05) is 18.2 Å². The van der Waals surface area contributed by atoms with Crippen LogP contribution in [-0.2, 0) is 17.9 Å². The van der Waals surface area contributed by atoms with Crippen molar-refractivity contribution in [1.82, 2.24) is 15.3 Å². The van der Waals surface area contributed by atoms with Crippen LogP contribution < -0.4 is 20.3 Å². The molecule has 0 radical (unpaired) electrons. The van der Waals surface area contributed by atoms with Crippen molar-refractivity contribution in [3.63, 3.8) is 0 Å². The molecule has 0 atom stereocenters. The van der Waals surface area contributed by atoms with Gasteiger partial charge >= 0.3 is 0 Å². The zero-order valence-electron chi connectivity index (χ0n) is 15.7. The number of ether oxygens (including phenoxy) is 1. The largest absolute Gasteiger partial charge is 0.496 e. The molecule has 0 spiro atoms. The van der Waals surface area contributed by atoms with Crippen LogP contribution in [0.15, 0.2) is 47.4 Å². The number of benzene rings is 1. The highest BCUT2D eigenvalue weighted by atomic mass is 32.1. The van der Waals surface area contributed by atoms with Crippen molar-refractivity contribution in [3.8, 4) is 5.75 Å². The Morgan fingerprint density at radius 1 is 1.34 bits per heavy atom. The molecule has 148 valence electrons. The third-order valence-corrected chi connectivity index (χ3v) is 5.20. The molecule has 1 aliphatic rings. The summed E-state index contributed by atoms with van der Waals surface area (Å²) in [6.45, 7) is 0.814. The molecule has 3 heterocycles. The second kappa shape index (κ2) is 8.27. The van der Waals surface area contributed by atoms with Gasteiger partial charge in [-0.25, -0.2) is 9.97 Å². The van der Waals surface area contributed by atoms with Crippen molar-refractivity contribution in [2.45, 2.75) is 13.1 Å². The number of anilines is 2. The average Bonchev–Trinajstić information content (AvgIpc) is 3.27. The first-order chi connectivity index (χ1) is 14.2. The van der Waals surface area contributed by atoms with Crippen LogP contribution in [0, 0.1) is 0 Å². The van der Waals surface area contributed by atoms with E-state index < -0.39 is 0 Å². The van der Waals surface area contributed by atoms with Gasteiger partial charge in [-0.15, -0.1) is 11.3 Å². The number of fused-ring (bicyclic) bond motifs is 1. The molecule has 2 N–H and O–H groups in total. The maximum Gasteiger partial charge on any atom is 0.253 e. The van der Waals surface area contributed by atoms with Crippen molar-refractivity contribution in [1.29, 1.82) is 0 Å². The standard InChI is InChI=1S/C20H19N5O3S/c1-28-17-5-3-2-4-13(17)7-23-20(27)14-6-16-19(21-8-14)22-9-18(26)25(16)10-15-11-29-12-24-15/h2-6,8,11-12H,7,9-10H2,1H3,(H,21,22)(H,23,27). The summed E-state index contributed by atoms with van der Waals surface area (Å²) in [5.74, 6) is 0.901. The van der Waals surface area contributed by atoms with E-state index in [9.17, 15) is 9.59 Å². The number of aromatic nitrogens is 2. The Morgan fingerprint density at radius 3 is 3.00 bits per heavy atom. The maximum absolute atomic E-state index is 12.7. The third kappa shape index (κ3) is 4.04. The summed E-state index contributed by atoms with van der Waals surface area (Å²) in [5.41, 5.74) is 4.33. The molecule has 1 aliphatic heterocycles. The Morgan fingerprint density at radius 2 is 2.21 bits per heavy atom. The topological polar surface area (TPSA) is 96.4 Å². The van der Waals surface area contributed by atoms with Gasteiger partial charge in [0.25, 0.3) is 5.91 Å². The molecule has 4 rings (SSSR count). The molecule has 0 saturated heterocycles. The summed E-state index contributed by atoms with van der Waals surface area (Å²) < 4.78 is 5.31. The van der Waals surface area contributed by atoms with E-state index in [1.165, 1.54) is 17.5 Å². The van der Waals surface area contributed by atoms with E-state index in [0.717, 1.165) is 11.3 Å². The van der Waals surface area contributed by atoms with E-state index in [1.807, 2.05) is 29.6 Å². The van der Waals surface area contributed by atoms with Crippen LogP contribution in [-0.4, -0.2) is 35.4 Å². The summed E-state index contributed by atoms with van der Waals surface area (Å²) in [7, 11) is 1.59. The number of para-hydroxylation sites is 1. The van der Waals surface area contributed by atoms with E-state index in [0.29, 0.717) is 35.9 Å². The molecule has 1 aromatic carbocycles. The number of thiazole rings is 1. The highest BCUT2D eigenvalue weighted by molar-refractivity contribution is 7.07. The Bertz CT molecular complexity index is 1040. The second-order valence-corrected chi connectivity index (χ2v) is 7.12. The second-order valence-electron chi connectivity index (χ2n) is 6.40. The minimum atomic E-state index is -0.280. The number of hydrogen-bond donors (Lipinski definition) is 2. The van der Waals surface area contributed by atoms with Gasteiger partial charge in [0.15, 0.2) is 5.82 Å². The minimum Gasteiger partial charge on any atom is -0.496 e. The van der Waals surface area contributed by atoms with E-state index in [1.54, 1.807) is 23.6 Å². The molecule has 0 bridgehead atoms. The molecule has 8 nitrogen and oxygen atoms in total. The number of rotatable bonds is 6. The van der Waals surface area contributed by atoms with Gasteiger partial charge < -0.3 is 20.3 Å². The van der Waals surface area contributed by atoms with Gasteiger partial charge in [-0.2, -0.15) is 0 Å². The number of carbonyl (C=O) groups is 2. The minimum absolute atomic E-state index is 0.0983. The molecule has 0 fully saturated rings. The zero-order valence-corrected chi connectivity index (χ0v) is 16.5. The lowest BCUT2D eigenvalue weighted by Crippen LogP contribution is -2.40. The highest BCUT2D eigenvalue weighted by Gasteiger charge is 2.26. The molecular formula is C20H19N5O3S. The van der Waals surface area contributed by atoms with Crippen molar-refractivity contribution >= 4 is 34.7 Å². The summed E-state index contributed by atoms with van der Waals surface area (Å²) in [4.78, 5) is 35.3. The van der Waals surface area contributed by atoms with Crippen molar-refractivity contribution in [3.05, 3.63) is 64.2 Å². The molecule has 0 unspecified atom stereocenters. The Kier molecular flexibility index (Phi) is 5.39. The number of nitrogens with zero attached hydrogens (tertiary/aromatic N) is 3. The van der Waals surface area contributed by atoms with Crippen molar-refractivity contribution in [2.24, 2.45) is 0 Å². The van der Waals surface area contributed by atoms with Gasteiger partial charge in [-0.3, -0.25) is 9.59 Å². The van der Waals surface area contributed by atoms with Gasteiger partial charge in [-0.05, 0) is 12.1 Å². The van der Waals surface area contributed by atoms with Crippen LogP contribution in [0.25, 0.3) is 0 Å². The van der Waals surface area contributed by atoms with Crippen LogP contribution in [0.5, 0.6) is 5.75 Å². The SMILES string of the molecule is COc1ccccc1CNC(=O)c1cnc2c(c1)N(Cc1cscn1)C(=O)CN2. The summed E-state index contributed by atoms with van der Waals surface area (Å²) in [6.07, 6.45) is 1.50. The van der Waals surface area contributed by atoms with Crippen LogP contribution in [0.2, 0.25) is 0 Å². The lowest BCUT2D eigenvalue weighted by Gasteiger charge is -2.29. The fourth-order valence-electron chi connectivity index (χ4n) is 3.09. The zero-order chi connectivity index (χ0) is 20.2. The number of nitrogens with one attached hydrogen (secondary N) is 2. The molecule has 29 heavy (non-hydrogen) atoms.